The number of fused-ring (bicyclic) bond motifs is 1. The first-order chi connectivity index (χ1) is 15.5. The Labute approximate surface area is 184 Å². The van der Waals surface area contributed by atoms with Crippen LogP contribution >= 0.6 is 0 Å². The van der Waals surface area contributed by atoms with Crippen molar-refractivity contribution in [3.63, 3.8) is 0 Å². The highest BCUT2D eigenvalue weighted by Crippen LogP contribution is 2.23. The number of aryl methyl sites for hydroxylation is 1. The molecule has 0 fully saturated rings. The third kappa shape index (κ3) is 4.21. The Balaban J connectivity index is 1.46. The average Bonchev–Trinajstić information content (AvgIpc) is 3.10. The third-order valence-electron chi connectivity index (χ3n) is 5.23. The minimum atomic E-state index is -0.630. The minimum absolute atomic E-state index is 0.353. The molecule has 4 rings (SSSR count). The monoisotopic (exact) mass is 428 g/mol. The van der Waals surface area contributed by atoms with Crippen molar-refractivity contribution in [2.75, 3.05) is 6.61 Å². The Morgan fingerprint density at radius 1 is 1.06 bits per heavy atom. The van der Waals surface area contributed by atoms with Gasteiger partial charge >= 0.3 is 5.97 Å². The second-order valence-corrected chi connectivity index (χ2v) is 7.36. The average molecular weight is 428 g/mol. The summed E-state index contributed by atoms with van der Waals surface area (Å²) in [7, 11) is 0. The van der Waals surface area contributed by atoms with Gasteiger partial charge < -0.3 is 9.30 Å². The number of Topliss-reactive ketones (excluding diaryl/α,β-unsaturated/α-hetero) is 1. The van der Waals surface area contributed by atoms with Crippen molar-refractivity contribution in [2.45, 2.75) is 13.8 Å². The Hall–Kier alpha value is -4.06. The van der Waals surface area contributed by atoms with Crippen LogP contribution in [0.5, 0.6) is 0 Å². The van der Waals surface area contributed by atoms with Crippen LogP contribution in [0.25, 0.3) is 22.7 Å². The van der Waals surface area contributed by atoms with Gasteiger partial charge in [0, 0.05) is 40.2 Å². The summed E-state index contributed by atoms with van der Waals surface area (Å²) >= 11 is 0. The highest BCUT2D eigenvalue weighted by molar-refractivity contribution is 6.00. The van der Waals surface area contributed by atoms with Crippen molar-refractivity contribution in [3.8, 4) is 5.69 Å². The van der Waals surface area contributed by atoms with Crippen molar-refractivity contribution < 1.29 is 18.7 Å². The van der Waals surface area contributed by atoms with E-state index >= 15 is 0 Å². The SMILES string of the molecule is Cc1cc(C(=O)COC(=O)/C=C/c2cccc3cccnc23)c(C)n1-c1ccccc1F. The van der Waals surface area contributed by atoms with E-state index in [1.165, 1.54) is 12.1 Å². The molecule has 0 unspecified atom stereocenters. The van der Waals surface area contributed by atoms with Gasteiger partial charge in [0.05, 0.1) is 11.2 Å². The van der Waals surface area contributed by atoms with E-state index < -0.39 is 12.6 Å². The van der Waals surface area contributed by atoms with Gasteiger partial charge in [-0.2, -0.15) is 0 Å². The number of nitrogens with zero attached hydrogens (tertiary/aromatic N) is 2. The highest BCUT2D eigenvalue weighted by atomic mass is 19.1. The standard InChI is InChI=1S/C26H21FN2O3/c1-17-15-21(18(2)29(17)23-11-4-3-10-22(23)27)24(30)16-32-25(31)13-12-20-8-5-7-19-9-6-14-28-26(19)20/h3-15H,16H2,1-2H3/b13-12+. The van der Waals surface area contributed by atoms with Gasteiger partial charge in [0.1, 0.15) is 5.82 Å². The van der Waals surface area contributed by atoms with Crippen LogP contribution in [0.4, 0.5) is 4.39 Å². The number of hydrogen-bond donors (Lipinski definition) is 0. The third-order valence-corrected chi connectivity index (χ3v) is 5.23. The number of carbonyl (C=O) groups is 2. The summed E-state index contributed by atoms with van der Waals surface area (Å²) in [6, 6.07) is 17.5. The molecule has 2 aromatic carbocycles. The predicted molar refractivity (Wildman–Crippen MR) is 121 cm³/mol. The lowest BCUT2D eigenvalue weighted by molar-refractivity contribution is -0.136. The van der Waals surface area contributed by atoms with Crippen LogP contribution in [0.3, 0.4) is 0 Å². The van der Waals surface area contributed by atoms with Gasteiger partial charge in [0.2, 0.25) is 5.78 Å². The fourth-order valence-electron chi connectivity index (χ4n) is 3.73. The maximum atomic E-state index is 14.2. The zero-order valence-electron chi connectivity index (χ0n) is 17.7. The molecule has 0 atom stereocenters. The molecule has 6 heteroatoms. The number of benzene rings is 2. The van der Waals surface area contributed by atoms with Crippen molar-refractivity contribution >= 4 is 28.7 Å². The van der Waals surface area contributed by atoms with Crippen molar-refractivity contribution in [2.24, 2.45) is 0 Å². The van der Waals surface area contributed by atoms with Gasteiger partial charge in [0.25, 0.3) is 0 Å². The van der Waals surface area contributed by atoms with E-state index in [1.54, 1.807) is 55.0 Å². The van der Waals surface area contributed by atoms with Crippen molar-refractivity contribution in [1.82, 2.24) is 9.55 Å². The van der Waals surface area contributed by atoms with Gasteiger partial charge in [0.15, 0.2) is 6.61 Å². The molecule has 2 heterocycles. The number of aromatic nitrogens is 2. The number of ether oxygens (including phenoxy) is 1. The molecular weight excluding hydrogens is 407 g/mol. The van der Waals surface area contributed by atoms with Crippen LogP contribution in [0.15, 0.2) is 72.9 Å². The molecule has 5 nitrogen and oxygen atoms in total. The summed E-state index contributed by atoms with van der Waals surface area (Å²) in [6.07, 6.45) is 4.58. The Morgan fingerprint density at radius 3 is 2.66 bits per heavy atom. The number of carbonyl (C=O) groups excluding carboxylic acids is 2. The molecule has 32 heavy (non-hydrogen) atoms. The molecule has 0 N–H and O–H groups in total. The lowest BCUT2D eigenvalue weighted by atomic mass is 10.1. The Kier molecular flexibility index (Phi) is 5.94. The second-order valence-electron chi connectivity index (χ2n) is 7.36. The first-order valence-corrected chi connectivity index (χ1v) is 10.1. The number of ketones is 1. The molecule has 0 aliphatic carbocycles. The maximum Gasteiger partial charge on any atom is 0.331 e. The summed E-state index contributed by atoms with van der Waals surface area (Å²) in [4.78, 5) is 29.2. The van der Waals surface area contributed by atoms with E-state index in [2.05, 4.69) is 4.98 Å². The number of esters is 1. The number of hydrogen-bond acceptors (Lipinski definition) is 4. The molecule has 0 aliphatic rings. The topological polar surface area (TPSA) is 61.2 Å². The van der Waals surface area contributed by atoms with Gasteiger partial charge in [-0.25, -0.2) is 9.18 Å². The van der Waals surface area contributed by atoms with E-state index in [0.717, 1.165) is 16.5 Å². The van der Waals surface area contributed by atoms with Gasteiger partial charge in [-0.3, -0.25) is 9.78 Å². The summed E-state index contributed by atoms with van der Waals surface area (Å²) < 4.78 is 21.1. The van der Waals surface area contributed by atoms with Crippen LogP contribution < -0.4 is 0 Å². The second kappa shape index (κ2) is 8.98. The van der Waals surface area contributed by atoms with E-state index in [-0.39, 0.29) is 11.6 Å². The molecule has 0 saturated heterocycles. The summed E-state index contributed by atoms with van der Waals surface area (Å²) in [5.74, 6) is -1.36. The van der Waals surface area contributed by atoms with Gasteiger partial charge in [-0.05, 0) is 44.2 Å². The fourth-order valence-corrected chi connectivity index (χ4v) is 3.73. The van der Waals surface area contributed by atoms with Crippen LogP contribution in [0.2, 0.25) is 0 Å². The Morgan fingerprint density at radius 2 is 1.84 bits per heavy atom. The summed E-state index contributed by atoms with van der Waals surface area (Å²) in [6.45, 7) is 3.13. The van der Waals surface area contributed by atoms with Crippen molar-refractivity contribution in [1.29, 1.82) is 0 Å². The number of rotatable bonds is 6. The fraction of sp³-hybridized carbons (Fsp3) is 0.115. The smallest absolute Gasteiger partial charge is 0.331 e. The number of para-hydroxylation sites is 2. The van der Waals surface area contributed by atoms with Crippen molar-refractivity contribution in [3.05, 3.63) is 101 Å². The van der Waals surface area contributed by atoms with Crippen LogP contribution in [-0.2, 0) is 9.53 Å². The van der Waals surface area contributed by atoms with Crippen LogP contribution in [0, 0.1) is 19.7 Å². The van der Waals surface area contributed by atoms with E-state index in [0.29, 0.717) is 22.6 Å². The number of pyridine rings is 1. The largest absolute Gasteiger partial charge is 0.454 e. The molecule has 0 aliphatic heterocycles. The molecule has 4 aromatic rings. The highest BCUT2D eigenvalue weighted by Gasteiger charge is 2.19. The first-order valence-electron chi connectivity index (χ1n) is 10.1. The summed E-state index contributed by atoms with van der Waals surface area (Å²) in [5.41, 5.74) is 3.61. The maximum absolute atomic E-state index is 14.2. The van der Waals surface area contributed by atoms with Gasteiger partial charge in [-0.1, -0.05) is 36.4 Å². The van der Waals surface area contributed by atoms with Crippen LogP contribution in [-0.4, -0.2) is 27.9 Å². The molecular formula is C26H21FN2O3. The quantitative estimate of drug-likeness (QED) is 0.240. The summed E-state index contributed by atoms with van der Waals surface area (Å²) in [5, 5.41) is 0.961. The number of halogens is 1. The lowest BCUT2D eigenvalue weighted by Gasteiger charge is -2.10. The minimum Gasteiger partial charge on any atom is -0.454 e. The van der Waals surface area contributed by atoms with Gasteiger partial charge in [-0.15, -0.1) is 0 Å². The zero-order valence-corrected chi connectivity index (χ0v) is 17.7. The molecule has 0 bridgehead atoms. The van der Waals surface area contributed by atoms with E-state index in [9.17, 15) is 14.0 Å². The Bertz CT molecular complexity index is 1350. The molecule has 160 valence electrons. The zero-order chi connectivity index (χ0) is 22.7. The molecule has 0 spiro atoms. The van der Waals surface area contributed by atoms with E-state index in [1.807, 2.05) is 30.3 Å². The normalized spacial score (nSPS) is 11.2. The predicted octanol–water partition coefficient (Wildman–Crippen LogP) is 5.22. The van der Waals surface area contributed by atoms with E-state index in [4.69, 9.17) is 4.74 Å². The molecule has 0 amide bonds. The first kappa shape index (κ1) is 21.2. The molecule has 0 radical (unpaired) electrons. The van der Waals surface area contributed by atoms with Crippen LogP contribution in [0.1, 0.15) is 27.3 Å². The lowest BCUT2D eigenvalue weighted by Crippen LogP contribution is -2.13. The molecule has 0 saturated carbocycles. The molecule has 2 aromatic heterocycles.